The van der Waals surface area contributed by atoms with Crippen LogP contribution >= 0.6 is 0 Å². The summed E-state index contributed by atoms with van der Waals surface area (Å²) in [6.07, 6.45) is 10.4. The van der Waals surface area contributed by atoms with Crippen LogP contribution in [0.5, 0.6) is 0 Å². The van der Waals surface area contributed by atoms with Gasteiger partial charge in [-0.1, -0.05) is 18.2 Å². The molecule has 0 N–H and O–H groups in total. The Balaban J connectivity index is 2.15. The monoisotopic (exact) mass is 327 g/mol. The van der Waals surface area contributed by atoms with Crippen LogP contribution in [0, 0.1) is 0 Å². The Hall–Kier alpha value is -3.22. The summed E-state index contributed by atoms with van der Waals surface area (Å²) in [5.41, 5.74) is 0.753. The minimum atomic E-state index is -0.637. The Labute approximate surface area is 139 Å². The fourth-order valence-electron chi connectivity index (χ4n) is 1.78. The Morgan fingerprint density at radius 3 is 2.92 bits per heavy atom. The van der Waals surface area contributed by atoms with Crippen molar-refractivity contribution in [3.8, 4) is 0 Å². The van der Waals surface area contributed by atoms with Crippen LogP contribution in [-0.4, -0.2) is 25.2 Å². The van der Waals surface area contributed by atoms with Crippen molar-refractivity contribution in [1.82, 2.24) is 4.98 Å². The summed E-state index contributed by atoms with van der Waals surface area (Å²) < 4.78 is 15.1. The summed E-state index contributed by atoms with van der Waals surface area (Å²) in [5, 5.41) is 8.01. The van der Waals surface area contributed by atoms with E-state index in [0.29, 0.717) is 18.0 Å². The molecule has 1 aliphatic carbocycles. The minimum absolute atomic E-state index is 0.0610. The lowest BCUT2D eigenvalue weighted by Gasteiger charge is -2.14. The standard InChI is InChI=1S/C17H17N3O4/c1-22-12-15(17(21)23-2)24-14-8-4-3-7-13(14)11-19-20-16-9-5-6-10-18-16/h3-6,8-12H,7H2,1-2H3. The number of nitrogens with zero attached hydrogens (tertiary/aromatic N) is 3. The highest BCUT2D eigenvalue weighted by Gasteiger charge is 2.17. The smallest absolute Gasteiger partial charge is 0.377 e. The number of methoxy groups -OCH3 is 2. The van der Waals surface area contributed by atoms with Crippen molar-refractivity contribution < 1.29 is 19.0 Å². The maximum Gasteiger partial charge on any atom is 0.377 e. The third kappa shape index (κ3) is 4.91. The van der Waals surface area contributed by atoms with E-state index in [-0.39, 0.29) is 5.76 Å². The van der Waals surface area contributed by atoms with Gasteiger partial charge in [0.05, 0.1) is 20.4 Å². The van der Waals surface area contributed by atoms with Crippen LogP contribution in [0.1, 0.15) is 6.42 Å². The SMILES string of the molecule is COC=C(OC1=CC=CCC1=CN=Nc1ccccn1)C(=O)OC. The minimum Gasteiger partial charge on any atom is -0.500 e. The zero-order valence-corrected chi connectivity index (χ0v) is 13.4. The molecule has 1 aliphatic rings. The molecule has 0 amide bonds. The predicted octanol–water partition coefficient (Wildman–Crippen LogP) is 3.57. The molecule has 0 bridgehead atoms. The van der Waals surface area contributed by atoms with Crippen molar-refractivity contribution in [2.24, 2.45) is 10.2 Å². The first kappa shape index (κ1) is 17.1. The Morgan fingerprint density at radius 2 is 2.21 bits per heavy atom. The average molecular weight is 327 g/mol. The maximum absolute atomic E-state index is 11.7. The molecular formula is C17H17N3O4. The number of ether oxygens (including phenoxy) is 3. The van der Waals surface area contributed by atoms with Crippen LogP contribution in [0.4, 0.5) is 5.82 Å². The molecule has 2 rings (SSSR count). The highest BCUT2D eigenvalue weighted by Crippen LogP contribution is 2.24. The summed E-state index contributed by atoms with van der Waals surface area (Å²) in [5.74, 6) is 0.267. The summed E-state index contributed by atoms with van der Waals surface area (Å²) in [4.78, 5) is 15.7. The number of azo groups is 1. The predicted molar refractivity (Wildman–Crippen MR) is 86.9 cm³/mol. The van der Waals surface area contributed by atoms with Gasteiger partial charge in [-0.25, -0.2) is 9.78 Å². The Kier molecular flexibility index (Phi) is 6.46. The fraction of sp³-hybridized carbons (Fsp3) is 0.176. The Bertz CT molecular complexity index is 719. The van der Waals surface area contributed by atoms with Gasteiger partial charge in [0.2, 0.25) is 5.76 Å². The number of carbonyl (C=O) groups excluding carboxylic acids is 1. The van der Waals surface area contributed by atoms with Gasteiger partial charge in [0.25, 0.3) is 0 Å². The van der Waals surface area contributed by atoms with Crippen molar-refractivity contribution in [1.29, 1.82) is 0 Å². The molecule has 0 saturated carbocycles. The first-order valence-electron chi connectivity index (χ1n) is 7.12. The second-order valence-corrected chi connectivity index (χ2v) is 4.53. The van der Waals surface area contributed by atoms with Crippen LogP contribution in [-0.2, 0) is 19.0 Å². The Morgan fingerprint density at radius 1 is 1.33 bits per heavy atom. The molecule has 1 heterocycles. The molecule has 0 aliphatic heterocycles. The molecular weight excluding hydrogens is 310 g/mol. The third-order valence-corrected chi connectivity index (χ3v) is 2.89. The average Bonchev–Trinajstić information content (AvgIpc) is 2.63. The number of aromatic nitrogens is 1. The highest BCUT2D eigenvalue weighted by atomic mass is 16.6. The van der Waals surface area contributed by atoms with Gasteiger partial charge >= 0.3 is 5.97 Å². The highest BCUT2D eigenvalue weighted by molar-refractivity contribution is 5.86. The number of allylic oxidation sites excluding steroid dienone is 4. The van der Waals surface area contributed by atoms with Crippen LogP contribution < -0.4 is 0 Å². The normalized spacial score (nSPS) is 16.2. The molecule has 124 valence electrons. The van der Waals surface area contributed by atoms with Crippen molar-refractivity contribution in [3.63, 3.8) is 0 Å². The second kappa shape index (κ2) is 9.04. The molecule has 7 heteroatoms. The first-order valence-corrected chi connectivity index (χ1v) is 7.12. The number of rotatable bonds is 6. The molecule has 1 aromatic rings. The third-order valence-electron chi connectivity index (χ3n) is 2.89. The zero-order valence-electron chi connectivity index (χ0n) is 13.4. The van der Waals surface area contributed by atoms with E-state index in [1.165, 1.54) is 20.5 Å². The van der Waals surface area contributed by atoms with Gasteiger partial charge in [-0.15, -0.1) is 5.11 Å². The fourth-order valence-corrected chi connectivity index (χ4v) is 1.78. The van der Waals surface area contributed by atoms with E-state index in [9.17, 15) is 4.79 Å². The number of pyridine rings is 1. The summed E-state index contributed by atoms with van der Waals surface area (Å²) >= 11 is 0. The molecule has 0 saturated heterocycles. The summed E-state index contributed by atoms with van der Waals surface area (Å²) in [6, 6.07) is 5.37. The van der Waals surface area contributed by atoms with E-state index >= 15 is 0 Å². The lowest BCUT2D eigenvalue weighted by Crippen LogP contribution is -2.10. The van der Waals surface area contributed by atoms with Gasteiger partial charge in [-0.3, -0.25) is 0 Å². The number of carbonyl (C=O) groups is 1. The summed E-state index contributed by atoms with van der Waals surface area (Å²) in [7, 11) is 2.68. The van der Waals surface area contributed by atoms with Crippen LogP contribution in [0.15, 0.2) is 82.4 Å². The molecule has 24 heavy (non-hydrogen) atoms. The maximum atomic E-state index is 11.7. The van der Waals surface area contributed by atoms with E-state index in [1.807, 2.05) is 18.2 Å². The summed E-state index contributed by atoms with van der Waals surface area (Å²) in [6.45, 7) is 0. The van der Waals surface area contributed by atoms with E-state index < -0.39 is 5.97 Å². The molecule has 1 aromatic heterocycles. The first-order chi connectivity index (χ1) is 11.7. The van der Waals surface area contributed by atoms with Crippen molar-refractivity contribution in [3.05, 3.63) is 72.2 Å². The second-order valence-electron chi connectivity index (χ2n) is 4.53. The van der Waals surface area contributed by atoms with Gasteiger partial charge in [-0.05, 0) is 24.6 Å². The van der Waals surface area contributed by atoms with Gasteiger partial charge in [0.15, 0.2) is 5.82 Å². The number of hydrogen-bond donors (Lipinski definition) is 0. The molecule has 0 unspecified atom stereocenters. The van der Waals surface area contributed by atoms with Crippen LogP contribution in [0.3, 0.4) is 0 Å². The van der Waals surface area contributed by atoms with Gasteiger partial charge < -0.3 is 14.2 Å². The number of hydrogen-bond acceptors (Lipinski definition) is 7. The topological polar surface area (TPSA) is 82.4 Å². The molecule has 7 nitrogen and oxygen atoms in total. The number of esters is 1. The van der Waals surface area contributed by atoms with E-state index in [2.05, 4.69) is 19.9 Å². The molecule has 0 aromatic carbocycles. The quantitative estimate of drug-likeness (QED) is 0.345. The molecule has 0 atom stereocenters. The lowest BCUT2D eigenvalue weighted by molar-refractivity contribution is -0.139. The molecule has 0 radical (unpaired) electrons. The van der Waals surface area contributed by atoms with Gasteiger partial charge in [-0.2, -0.15) is 5.11 Å². The van der Waals surface area contributed by atoms with Crippen molar-refractivity contribution >= 4 is 11.8 Å². The van der Waals surface area contributed by atoms with E-state index in [0.717, 1.165) is 5.57 Å². The van der Waals surface area contributed by atoms with E-state index in [1.54, 1.807) is 30.6 Å². The largest absolute Gasteiger partial charge is 0.500 e. The van der Waals surface area contributed by atoms with Crippen LogP contribution in [0.2, 0.25) is 0 Å². The van der Waals surface area contributed by atoms with E-state index in [4.69, 9.17) is 9.47 Å². The van der Waals surface area contributed by atoms with Gasteiger partial charge in [0.1, 0.15) is 12.0 Å². The van der Waals surface area contributed by atoms with Gasteiger partial charge in [0, 0.05) is 11.8 Å². The zero-order chi connectivity index (χ0) is 17.2. The molecule has 0 fully saturated rings. The van der Waals surface area contributed by atoms with Crippen molar-refractivity contribution in [2.45, 2.75) is 6.42 Å². The van der Waals surface area contributed by atoms with Crippen LogP contribution in [0.25, 0.3) is 0 Å². The lowest BCUT2D eigenvalue weighted by atomic mass is 10.1. The van der Waals surface area contributed by atoms with Crippen molar-refractivity contribution in [2.75, 3.05) is 14.2 Å². The molecule has 0 spiro atoms.